The van der Waals surface area contributed by atoms with Gasteiger partial charge in [-0.15, -0.1) is 0 Å². The summed E-state index contributed by atoms with van der Waals surface area (Å²) in [5, 5.41) is 7.04. The van der Waals surface area contributed by atoms with Crippen molar-refractivity contribution < 1.29 is 13.5 Å². The molecule has 10 heteroatoms. The van der Waals surface area contributed by atoms with Gasteiger partial charge in [-0.2, -0.15) is 0 Å². The topological polar surface area (TPSA) is 83.8 Å². The van der Waals surface area contributed by atoms with Crippen molar-refractivity contribution in [1.29, 1.82) is 0 Å². The van der Waals surface area contributed by atoms with Gasteiger partial charge in [0.1, 0.15) is 17.4 Å². The fourth-order valence-electron chi connectivity index (χ4n) is 6.63. The average Bonchev–Trinajstić information content (AvgIpc) is 2.94. The third-order valence-electron chi connectivity index (χ3n) is 8.84. The van der Waals surface area contributed by atoms with Gasteiger partial charge in [-0.3, -0.25) is 9.36 Å². The number of nitrogens with zero attached hydrogens (tertiary/aromatic N) is 4. The summed E-state index contributed by atoms with van der Waals surface area (Å²) in [5.41, 5.74) is 0.997. The Labute approximate surface area is 252 Å². The molecule has 4 atom stereocenters. The standard InChI is InChI=1S/C33H44F2N6O2/c1-20-16-33(4,5)11-9-28(20)38-32(41-17-21(2)37-22(3)18-41)39-30-15-29-25(14-27(30)35)31(42)40(19-36-29)12-10-23-7-8-24(43-6)13-26(23)34/h7-8,13-15,19-22,28,37H,9-12,16-18H2,1-6H3,(H,38,39)/t20-,21-,22+,28-/m0/s1. The maximum absolute atomic E-state index is 15.7. The lowest BCUT2D eigenvalue weighted by Gasteiger charge is -2.41. The van der Waals surface area contributed by atoms with E-state index in [9.17, 15) is 9.18 Å². The first kappa shape index (κ1) is 30.9. The van der Waals surface area contributed by atoms with E-state index in [2.05, 4.69) is 55.1 Å². The van der Waals surface area contributed by atoms with Crippen LogP contribution in [0.1, 0.15) is 59.4 Å². The number of anilines is 1. The Balaban J connectivity index is 1.41. The van der Waals surface area contributed by atoms with Gasteiger partial charge in [-0.25, -0.2) is 18.8 Å². The highest BCUT2D eigenvalue weighted by Crippen LogP contribution is 2.40. The second kappa shape index (κ2) is 12.6. The predicted octanol–water partition coefficient (Wildman–Crippen LogP) is 5.59. The van der Waals surface area contributed by atoms with Crippen LogP contribution in [-0.4, -0.2) is 58.7 Å². The Morgan fingerprint density at radius 1 is 1.14 bits per heavy atom. The van der Waals surface area contributed by atoms with Gasteiger partial charge in [0.2, 0.25) is 0 Å². The summed E-state index contributed by atoms with van der Waals surface area (Å²) in [7, 11) is 1.48. The van der Waals surface area contributed by atoms with Crippen LogP contribution in [0, 0.1) is 23.0 Å². The number of halogens is 2. The molecule has 2 aromatic carbocycles. The number of hydrogen-bond donors (Lipinski definition) is 2. The monoisotopic (exact) mass is 594 g/mol. The van der Waals surface area contributed by atoms with Crippen molar-refractivity contribution in [1.82, 2.24) is 19.8 Å². The van der Waals surface area contributed by atoms with Gasteiger partial charge in [-0.05, 0) is 74.6 Å². The number of aromatic nitrogens is 2. The molecule has 1 aliphatic heterocycles. The van der Waals surface area contributed by atoms with Crippen molar-refractivity contribution in [2.24, 2.45) is 16.3 Å². The summed E-state index contributed by atoms with van der Waals surface area (Å²) < 4.78 is 36.5. The smallest absolute Gasteiger partial charge is 0.261 e. The maximum atomic E-state index is 15.7. The summed E-state index contributed by atoms with van der Waals surface area (Å²) in [6, 6.07) is 8.10. The normalized spacial score (nSPS) is 24.3. The number of aliphatic imine (C=N–C) groups is 1. The zero-order valence-electron chi connectivity index (χ0n) is 26.1. The van der Waals surface area contributed by atoms with Gasteiger partial charge in [0.05, 0.1) is 36.1 Å². The first-order valence-electron chi connectivity index (χ1n) is 15.3. The Morgan fingerprint density at radius 2 is 1.88 bits per heavy atom. The highest BCUT2D eigenvalue weighted by molar-refractivity contribution is 5.96. The van der Waals surface area contributed by atoms with Gasteiger partial charge in [0.15, 0.2) is 5.96 Å². The van der Waals surface area contributed by atoms with Crippen LogP contribution in [0.5, 0.6) is 5.75 Å². The fourth-order valence-corrected chi connectivity index (χ4v) is 6.63. The minimum atomic E-state index is -0.549. The van der Waals surface area contributed by atoms with E-state index in [0.717, 1.165) is 32.4 Å². The Bertz CT molecular complexity index is 1540. The lowest BCUT2D eigenvalue weighted by atomic mass is 9.71. The zero-order valence-corrected chi connectivity index (χ0v) is 26.1. The van der Waals surface area contributed by atoms with Gasteiger partial charge >= 0.3 is 0 Å². The van der Waals surface area contributed by atoms with E-state index in [1.165, 1.54) is 30.1 Å². The SMILES string of the molecule is COc1ccc(CCn2cnc3cc(NC(=N[C@H]4CCC(C)(C)C[C@@H]4C)N4C[C@@H](C)N[C@@H](C)C4)c(F)cc3c2=O)c(F)c1. The van der Waals surface area contributed by atoms with E-state index < -0.39 is 11.6 Å². The molecule has 0 unspecified atom stereocenters. The average molecular weight is 595 g/mol. The molecule has 0 radical (unpaired) electrons. The lowest BCUT2D eigenvalue weighted by Crippen LogP contribution is -2.57. The summed E-state index contributed by atoms with van der Waals surface area (Å²) in [6.07, 6.45) is 4.89. The summed E-state index contributed by atoms with van der Waals surface area (Å²) >= 11 is 0. The van der Waals surface area contributed by atoms with Crippen LogP contribution in [0.25, 0.3) is 10.9 Å². The minimum absolute atomic E-state index is 0.139. The van der Waals surface area contributed by atoms with E-state index >= 15 is 4.39 Å². The number of fused-ring (bicyclic) bond motifs is 1. The highest BCUT2D eigenvalue weighted by atomic mass is 19.1. The van der Waals surface area contributed by atoms with Crippen molar-refractivity contribution in [2.75, 3.05) is 25.5 Å². The van der Waals surface area contributed by atoms with Gasteiger partial charge in [0, 0.05) is 37.8 Å². The third kappa shape index (κ3) is 7.17. The van der Waals surface area contributed by atoms with Crippen LogP contribution in [0.15, 0.2) is 46.4 Å². The van der Waals surface area contributed by atoms with E-state index in [1.54, 1.807) is 18.2 Å². The van der Waals surface area contributed by atoms with Crippen LogP contribution >= 0.6 is 0 Å². The van der Waals surface area contributed by atoms with Crippen LogP contribution in [-0.2, 0) is 13.0 Å². The molecule has 2 N–H and O–H groups in total. The number of piperazine rings is 1. The largest absolute Gasteiger partial charge is 0.497 e. The second-order valence-corrected chi connectivity index (χ2v) is 13.2. The molecule has 1 saturated carbocycles. The van der Waals surface area contributed by atoms with Crippen LogP contribution in [0.4, 0.5) is 14.5 Å². The number of rotatable bonds is 6. The highest BCUT2D eigenvalue weighted by Gasteiger charge is 2.33. The number of aryl methyl sites for hydroxylation is 2. The molecule has 2 heterocycles. The van der Waals surface area contributed by atoms with Crippen LogP contribution in [0.2, 0.25) is 0 Å². The van der Waals surface area contributed by atoms with Crippen molar-refractivity contribution in [3.8, 4) is 5.75 Å². The quantitative estimate of drug-likeness (QED) is 0.286. The molecule has 3 aromatic rings. The summed E-state index contributed by atoms with van der Waals surface area (Å²) in [5.74, 6) is 0.542. The molecule has 5 rings (SSSR count). The molecule has 0 spiro atoms. The molecule has 0 amide bonds. The molecular weight excluding hydrogens is 550 g/mol. The molecule has 2 fully saturated rings. The molecule has 2 aliphatic rings. The number of guanidine groups is 1. The van der Waals surface area contributed by atoms with Crippen LogP contribution < -0.4 is 20.9 Å². The Hall–Kier alpha value is -3.53. The zero-order chi connectivity index (χ0) is 30.9. The lowest BCUT2D eigenvalue weighted by molar-refractivity contribution is 0.168. The van der Waals surface area contributed by atoms with Crippen molar-refractivity contribution in [3.05, 3.63) is 64.2 Å². The number of methoxy groups -OCH3 is 1. The third-order valence-corrected chi connectivity index (χ3v) is 8.84. The molecule has 1 saturated heterocycles. The van der Waals surface area contributed by atoms with Crippen molar-refractivity contribution >= 4 is 22.5 Å². The van der Waals surface area contributed by atoms with Crippen LogP contribution in [0.3, 0.4) is 0 Å². The van der Waals surface area contributed by atoms with E-state index in [4.69, 9.17) is 9.73 Å². The molecule has 43 heavy (non-hydrogen) atoms. The molecule has 0 bridgehead atoms. The molecule has 1 aliphatic carbocycles. The summed E-state index contributed by atoms with van der Waals surface area (Å²) in [6.45, 7) is 12.9. The molecule has 8 nitrogen and oxygen atoms in total. The van der Waals surface area contributed by atoms with E-state index in [0.29, 0.717) is 34.1 Å². The first-order valence-corrected chi connectivity index (χ1v) is 15.3. The Morgan fingerprint density at radius 3 is 2.56 bits per heavy atom. The number of benzene rings is 2. The predicted molar refractivity (Wildman–Crippen MR) is 168 cm³/mol. The number of hydrogen-bond acceptors (Lipinski definition) is 5. The molecular formula is C33H44F2N6O2. The fraction of sp³-hybridized carbons (Fsp3) is 0.545. The van der Waals surface area contributed by atoms with Crippen molar-refractivity contribution in [3.63, 3.8) is 0 Å². The first-order chi connectivity index (χ1) is 20.4. The van der Waals surface area contributed by atoms with E-state index in [1.807, 2.05) is 0 Å². The minimum Gasteiger partial charge on any atom is -0.497 e. The molecule has 1 aromatic heterocycles. The number of nitrogens with one attached hydrogen (secondary N) is 2. The van der Waals surface area contributed by atoms with Gasteiger partial charge < -0.3 is 20.3 Å². The Kier molecular flexibility index (Phi) is 9.06. The maximum Gasteiger partial charge on any atom is 0.261 e. The number of ether oxygens (including phenoxy) is 1. The van der Waals surface area contributed by atoms with E-state index in [-0.39, 0.29) is 47.7 Å². The van der Waals surface area contributed by atoms with Gasteiger partial charge in [-0.1, -0.05) is 26.8 Å². The summed E-state index contributed by atoms with van der Waals surface area (Å²) in [4.78, 5) is 25.2. The molecule has 232 valence electrons. The van der Waals surface area contributed by atoms with Crippen molar-refractivity contribution in [2.45, 2.75) is 85.0 Å². The second-order valence-electron chi connectivity index (χ2n) is 13.2. The van der Waals surface area contributed by atoms with Gasteiger partial charge in [0.25, 0.3) is 5.56 Å².